The molecule has 0 atom stereocenters. The number of hydrogen-bond acceptors (Lipinski definition) is 4. The topological polar surface area (TPSA) is 93.1 Å². The number of carboxylic acids is 2. The van der Waals surface area contributed by atoms with Crippen molar-refractivity contribution in [3.05, 3.63) is 55.5 Å². The normalized spacial score (nSPS) is 9.77. The van der Waals surface area contributed by atoms with Gasteiger partial charge < -0.3 is 19.7 Å². The number of benzene rings is 2. The van der Waals surface area contributed by atoms with Crippen LogP contribution in [-0.4, -0.2) is 36.4 Å². The van der Waals surface area contributed by atoms with Crippen molar-refractivity contribution in [2.24, 2.45) is 0 Å². The van der Waals surface area contributed by atoms with Gasteiger partial charge in [-0.15, -0.1) is 0 Å². The predicted molar refractivity (Wildman–Crippen MR) is 99.9 cm³/mol. The molecule has 0 aliphatic carbocycles. The first-order valence-electron chi connectivity index (χ1n) is 6.65. The third-order valence-corrected chi connectivity index (χ3v) is 4.17. The molecule has 0 unspecified atom stereocenters. The Kier molecular flexibility index (Phi) is 8.30. The van der Waals surface area contributed by atoms with Crippen LogP contribution in [0.5, 0.6) is 11.5 Å². The van der Waals surface area contributed by atoms with Crippen LogP contribution in [0.3, 0.4) is 0 Å². The highest BCUT2D eigenvalue weighted by Crippen LogP contribution is 2.33. The first-order valence-corrected chi connectivity index (χ1v) is 8.16. The number of methoxy groups -OCH3 is 2. The van der Waals surface area contributed by atoms with E-state index in [-0.39, 0.29) is 37.0 Å². The standard InChI is InChI=1S/2C8H6Cl2O3/c1-13-7-3-5(9)4(8(11)12)2-6(7)10;1-13-7-5(10)3-2-4(9)6(7)8(11)12/h2*2-3H,1H3,(H,11,12). The van der Waals surface area contributed by atoms with Gasteiger partial charge in [-0.05, 0) is 18.2 Å². The lowest BCUT2D eigenvalue weighted by Gasteiger charge is -2.07. The third-order valence-electron chi connectivity index (χ3n) is 2.95. The van der Waals surface area contributed by atoms with Crippen LogP contribution < -0.4 is 9.47 Å². The Labute approximate surface area is 168 Å². The van der Waals surface area contributed by atoms with Crippen molar-refractivity contribution in [2.45, 2.75) is 0 Å². The van der Waals surface area contributed by atoms with E-state index in [4.69, 9.17) is 66.1 Å². The molecule has 140 valence electrons. The largest absolute Gasteiger partial charge is 0.495 e. The molecule has 0 aliphatic rings. The maximum absolute atomic E-state index is 10.7. The highest BCUT2D eigenvalue weighted by atomic mass is 35.5. The van der Waals surface area contributed by atoms with Crippen LogP contribution in [0.15, 0.2) is 24.3 Å². The molecule has 0 heterocycles. The molecule has 0 bridgehead atoms. The van der Waals surface area contributed by atoms with Crippen LogP contribution in [0.1, 0.15) is 20.7 Å². The zero-order valence-corrected chi connectivity index (χ0v) is 16.4. The Balaban J connectivity index is 0.000000260. The van der Waals surface area contributed by atoms with Crippen LogP contribution in [0.25, 0.3) is 0 Å². The zero-order valence-electron chi connectivity index (χ0n) is 13.3. The Morgan fingerprint density at radius 3 is 1.81 bits per heavy atom. The molecule has 0 saturated heterocycles. The number of carboxylic acid groups (broad SMARTS) is 2. The Morgan fingerprint density at radius 2 is 1.38 bits per heavy atom. The molecule has 26 heavy (non-hydrogen) atoms. The number of ether oxygens (including phenoxy) is 2. The van der Waals surface area contributed by atoms with Gasteiger partial charge in [0.05, 0.1) is 39.9 Å². The molecular weight excluding hydrogens is 430 g/mol. The molecule has 6 nitrogen and oxygen atoms in total. The molecule has 0 aromatic heterocycles. The smallest absolute Gasteiger partial charge is 0.341 e. The SMILES string of the molecule is COc1c(Cl)ccc(Cl)c1C(=O)O.COc1cc(Cl)c(C(=O)O)cc1Cl. The molecule has 0 radical (unpaired) electrons. The van der Waals surface area contributed by atoms with E-state index >= 15 is 0 Å². The maximum Gasteiger partial charge on any atom is 0.341 e. The second kappa shape index (κ2) is 9.73. The number of hydrogen-bond donors (Lipinski definition) is 2. The molecule has 2 aromatic rings. The monoisotopic (exact) mass is 440 g/mol. The summed E-state index contributed by atoms with van der Waals surface area (Å²) in [6.07, 6.45) is 0. The van der Waals surface area contributed by atoms with Gasteiger partial charge in [-0.1, -0.05) is 46.4 Å². The van der Waals surface area contributed by atoms with Crippen molar-refractivity contribution in [3.8, 4) is 11.5 Å². The van der Waals surface area contributed by atoms with Crippen molar-refractivity contribution >= 4 is 58.3 Å². The van der Waals surface area contributed by atoms with Crippen LogP contribution >= 0.6 is 46.4 Å². The quantitative estimate of drug-likeness (QED) is 0.659. The van der Waals surface area contributed by atoms with Crippen molar-refractivity contribution in [1.29, 1.82) is 0 Å². The van der Waals surface area contributed by atoms with Crippen molar-refractivity contribution in [1.82, 2.24) is 0 Å². The summed E-state index contributed by atoms with van der Waals surface area (Å²) in [5, 5.41) is 18.1. The maximum atomic E-state index is 10.7. The number of rotatable bonds is 4. The fourth-order valence-corrected chi connectivity index (χ4v) is 2.72. The molecule has 10 heteroatoms. The van der Waals surface area contributed by atoms with Gasteiger partial charge in [0.15, 0.2) is 5.75 Å². The summed E-state index contributed by atoms with van der Waals surface area (Å²) in [7, 11) is 2.77. The van der Waals surface area contributed by atoms with Crippen molar-refractivity contribution in [3.63, 3.8) is 0 Å². The Bertz CT molecular complexity index is 838. The van der Waals surface area contributed by atoms with E-state index in [1.807, 2.05) is 0 Å². The molecule has 0 saturated carbocycles. The minimum Gasteiger partial charge on any atom is -0.495 e. The minimum atomic E-state index is -1.16. The summed E-state index contributed by atoms with van der Waals surface area (Å²) in [6.45, 7) is 0. The summed E-state index contributed by atoms with van der Waals surface area (Å²) >= 11 is 22.7. The van der Waals surface area contributed by atoms with Gasteiger partial charge >= 0.3 is 11.9 Å². The average molecular weight is 442 g/mol. The van der Waals surface area contributed by atoms with Gasteiger partial charge in [-0.25, -0.2) is 9.59 Å². The molecule has 2 rings (SSSR count). The number of halogens is 4. The van der Waals surface area contributed by atoms with Gasteiger partial charge in [-0.2, -0.15) is 0 Å². The molecule has 0 spiro atoms. The number of carbonyl (C=O) groups is 2. The van der Waals surface area contributed by atoms with E-state index in [0.717, 1.165) is 0 Å². The minimum absolute atomic E-state index is 0.0348. The Morgan fingerprint density at radius 1 is 0.808 bits per heavy atom. The molecule has 2 N–H and O–H groups in total. The highest BCUT2D eigenvalue weighted by Gasteiger charge is 2.18. The van der Waals surface area contributed by atoms with Crippen molar-refractivity contribution < 1.29 is 29.3 Å². The van der Waals surface area contributed by atoms with Crippen LogP contribution in [-0.2, 0) is 0 Å². The first-order chi connectivity index (χ1) is 12.1. The van der Waals surface area contributed by atoms with E-state index in [0.29, 0.717) is 5.75 Å². The predicted octanol–water partition coefficient (Wildman–Crippen LogP) is 5.40. The van der Waals surface area contributed by atoms with E-state index < -0.39 is 11.9 Å². The molecule has 0 aliphatic heterocycles. The van der Waals surface area contributed by atoms with Gasteiger partial charge in [0.2, 0.25) is 0 Å². The van der Waals surface area contributed by atoms with E-state index in [9.17, 15) is 9.59 Å². The average Bonchev–Trinajstić information content (AvgIpc) is 2.58. The highest BCUT2D eigenvalue weighted by molar-refractivity contribution is 6.37. The van der Waals surface area contributed by atoms with Crippen molar-refractivity contribution in [2.75, 3.05) is 14.2 Å². The summed E-state index contributed by atoms with van der Waals surface area (Å²) in [5.74, 6) is -1.84. The Hall–Kier alpha value is -1.86. The fourth-order valence-electron chi connectivity index (χ4n) is 1.78. The van der Waals surface area contributed by atoms with Crippen LogP contribution in [0.2, 0.25) is 20.1 Å². The lowest BCUT2D eigenvalue weighted by molar-refractivity contribution is 0.0684. The van der Waals surface area contributed by atoms with Gasteiger partial charge in [0, 0.05) is 6.07 Å². The molecule has 0 amide bonds. The van der Waals surface area contributed by atoms with E-state index in [2.05, 4.69) is 0 Å². The lowest BCUT2D eigenvalue weighted by atomic mass is 10.2. The zero-order chi connectivity index (χ0) is 20.0. The summed E-state index contributed by atoms with van der Waals surface area (Å²) in [6, 6.07) is 5.52. The van der Waals surface area contributed by atoms with Gasteiger partial charge in [0.25, 0.3) is 0 Å². The molecule has 0 fully saturated rings. The first kappa shape index (κ1) is 22.2. The van der Waals surface area contributed by atoms with Crippen LogP contribution in [0.4, 0.5) is 0 Å². The van der Waals surface area contributed by atoms with Gasteiger partial charge in [0.1, 0.15) is 11.3 Å². The van der Waals surface area contributed by atoms with Gasteiger partial charge in [-0.3, -0.25) is 0 Å². The lowest BCUT2D eigenvalue weighted by Crippen LogP contribution is -2.01. The number of aromatic carboxylic acids is 2. The van der Waals surface area contributed by atoms with E-state index in [1.54, 1.807) is 0 Å². The third kappa shape index (κ3) is 5.32. The second-order valence-electron chi connectivity index (χ2n) is 4.51. The summed E-state index contributed by atoms with van der Waals surface area (Å²) in [5.41, 5.74) is -0.149. The fraction of sp³-hybridized carbons (Fsp3) is 0.125. The second-order valence-corrected chi connectivity index (χ2v) is 6.14. The van der Waals surface area contributed by atoms with Crippen LogP contribution in [0, 0.1) is 0 Å². The molecular formula is C16H12Cl4O6. The summed E-state index contributed by atoms with van der Waals surface area (Å²) in [4.78, 5) is 21.3. The summed E-state index contributed by atoms with van der Waals surface area (Å²) < 4.78 is 9.67. The van der Waals surface area contributed by atoms with E-state index in [1.165, 1.54) is 38.5 Å². The molecule has 2 aromatic carbocycles.